The predicted octanol–water partition coefficient (Wildman–Crippen LogP) is 4.44. The Kier molecular flexibility index (Phi) is 7.13. The van der Waals surface area contributed by atoms with E-state index in [0.29, 0.717) is 13.0 Å². The zero-order valence-corrected chi connectivity index (χ0v) is 15.1. The Labute approximate surface area is 149 Å². The number of rotatable bonds is 8. The van der Waals surface area contributed by atoms with Gasteiger partial charge in [-0.1, -0.05) is 35.9 Å². The van der Waals surface area contributed by atoms with E-state index in [1.165, 1.54) is 5.69 Å². The average molecular weight is 345 g/mol. The molecule has 2 aromatic carbocycles. The minimum atomic E-state index is 0.0674. The molecule has 0 atom stereocenters. The van der Waals surface area contributed by atoms with E-state index in [9.17, 15) is 4.79 Å². The van der Waals surface area contributed by atoms with Gasteiger partial charge in [0.15, 0.2) is 0 Å². The summed E-state index contributed by atoms with van der Waals surface area (Å²) in [4.78, 5) is 14.3. The van der Waals surface area contributed by atoms with E-state index in [0.717, 1.165) is 35.7 Å². The second-order valence-corrected chi connectivity index (χ2v) is 6.18. The van der Waals surface area contributed by atoms with Crippen LogP contribution >= 0.6 is 11.6 Å². The van der Waals surface area contributed by atoms with Gasteiger partial charge in [-0.2, -0.15) is 0 Å². The number of hydrogen-bond acceptors (Lipinski definition) is 2. The smallest absolute Gasteiger partial charge is 0.220 e. The molecule has 0 aromatic heterocycles. The average Bonchev–Trinajstić information content (AvgIpc) is 2.61. The van der Waals surface area contributed by atoms with Crippen LogP contribution in [0.4, 0.5) is 5.69 Å². The van der Waals surface area contributed by atoms with E-state index >= 15 is 0 Å². The number of anilines is 1. The summed E-state index contributed by atoms with van der Waals surface area (Å²) in [6.45, 7) is 6.86. The Morgan fingerprint density at radius 1 is 0.958 bits per heavy atom. The molecule has 1 N–H and O–H groups in total. The normalized spacial score (nSPS) is 10.5. The van der Waals surface area contributed by atoms with Gasteiger partial charge in [0, 0.05) is 36.8 Å². The zero-order valence-electron chi connectivity index (χ0n) is 14.4. The second-order valence-electron chi connectivity index (χ2n) is 5.74. The third-order valence-corrected chi connectivity index (χ3v) is 4.36. The van der Waals surface area contributed by atoms with Crippen molar-refractivity contribution in [2.75, 3.05) is 18.0 Å². The number of carbonyl (C=O) groups excluding carboxylic acids is 1. The van der Waals surface area contributed by atoms with Crippen LogP contribution < -0.4 is 10.2 Å². The number of amides is 1. The number of aryl methyl sites for hydroxylation is 1. The summed E-state index contributed by atoms with van der Waals surface area (Å²) in [5, 5.41) is 3.70. The molecule has 0 bridgehead atoms. The van der Waals surface area contributed by atoms with Gasteiger partial charge in [0.2, 0.25) is 5.91 Å². The first-order chi connectivity index (χ1) is 11.6. The largest absolute Gasteiger partial charge is 0.372 e. The lowest BCUT2D eigenvalue weighted by Gasteiger charge is -2.21. The molecule has 0 aliphatic heterocycles. The minimum absolute atomic E-state index is 0.0674. The maximum atomic E-state index is 12.0. The van der Waals surface area contributed by atoms with Gasteiger partial charge in [0.25, 0.3) is 0 Å². The number of hydrogen-bond donors (Lipinski definition) is 1. The molecule has 0 spiro atoms. The molecular formula is C20H25ClN2O. The van der Waals surface area contributed by atoms with E-state index in [4.69, 9.17) is 11.6 Å². The van der Waals surface area contributed by atoms with Gasteiger partial charge in [-0.05, 0) is 55.7 Å². The maximum Gasteiger partial charge on any atom is 0.220 e. The molecule has 24 heavy (non-hydrogen) atoms. The van der Waals surface area contributed by atoms with Crippen LogP contribution in [0.1, 0.15) is 31.4 Å². The number of carbonyl (C=O) groups is 1. The van der Waals surface area contributed by atoms with Crippen molar-refractivity contribution < 1.29 is 4.79 Å². The number of halogens is 1. The first-order valence-corrected chi connectivity index (χ1v) is 8.85. The third kappa shape index (κ3) is 5.57. The van der Waals surface area contributed by atoms with Crippen LogP contribution in [0, 0.1) is 0 Å². The van der Waals surface area contributed by atoms with E-state index in [2.05, 4.69) is 48.3 Å². The van der Waals surface area contributed by atoms with Crippen LogP contribution in [0.15, 0.2) is 48.5 Å². The molecule has 4 heteroatoms. The quantitative estimate of drug-likeness (QED) is 0.768. The highest BCUT2D eigenvalue weighted by Crippen LogP contribution is 2.15. The Balaban J connectivity index is 1.78. The first-order valence-electron chi connectivity index (χ1n) is 8.47. The molecule has 3 nitrogen and oxygen atoms in total. The fourth-order valence-corrected chi connectivity index (χ4v) is 2.74. The summed E-state index contributed by atoms with van der Waals surface area (Å²) in [6, 6.07) is 16.0. The van der Waals surface area contributed by atoms with Crippen molar-refractivity contribution in [1.82, 2.24) is 5.32 Å². The Morgan fingerprint density at radius 3 is 2.12 bits per heavy atom. The predicted molar refractivity (Wildman–Crippen MR) is 102 cm³/mol. The van der Waals surface area contributed by atoms with Gasteiger partial charge in [-0.25, -0.2) is 0 Å². The molecule has 0 radical (unpaired) electrons. The van der Waals surface area contributed by atoms with Gasteiger partial charge in [0.05, 0.1) is 0 Å². The molecule has 0 heterocycles. The molecule has 0 unspecified atom stereocenters. The van der Waals surface area contributed by atoms with Gasteiger partial charge in [0.1, 0.15) is 0 Å². The molecule has 0 aliphatic carbocycles. The van der Waals surface area contributed by atoms with Crippen molar-refractivity contribution in [3.8, 4) is 0 Å². The first kappa shape index (κ1) is 18.3. The third-order valence-electron chi connectivity index (χ3n) is 4.11. The Hall–Kier alpha value is -2.00. The lowest BCUT2D eigenvalue weighted by Crippen LogP contribution is -2.23. The SMILES string of the molecule is CCN(CC)c1ccc(CNC(=O)CCc2ccc(Cl)cc2)cc1. The molecular weight excluding hydrogens is 320 g/mol. The van der Waals surface area contributed by atoms with Crippen molar-refractivity contribution in [3.05, 3.63) is 64.7 Å². The lowest BCUT2D eigenvalue weighted by molar-refractivity contribution is -0.121. The number of nitrogens with zero attached hydrogens (tertiary/aromatic N) is 1. The molecule has 0 saturated carbocycles. The topological polar surface area (TPSA) is 32.3 Å². The van der Waals surface area contributed by atoms with Gasteiger partial charge in [-0.15, -0.1) is 0 Å². The highest BCUT2D eigenvalue weighted by molar-refractivity contribution is 6.30. The van der Waals surface area contributed by atoms with Crippen LogP contribution in [0.3, 0.4) is 0 Å². The van der Waals surface area contributed by atoms with E-state index in [1.54, 1.807) is 0 Å². The molecule has 0 fully saturated rings. The minimum Gasteiger partial charge on any atom is -0.372 e. The fourth-order valence-electron chi connectivity index (χ4n) is 2.61. The number of benzene rings is 2. The summed E-state index contributed by atoms with van der Waals surface area (Å²) in [5.41, 5.74) is 3.46. The van der Waals surface area contributed by atoms with Crippen molar-refractivity contribution >= 4 is 23.2 Å². The highest BCUT2D eigenvalue weighted by Gasteiger charge is 2.04. The molecule has 2 rings (SSSR count). The van der Waals surface area contributed by atoms with Crippen LogP contribution in [0.5, 0.6) is 0 Å². The maximum absolute atomic E-state index is 12.0. The monoisotopic (exact) mass is 344 g/mol. The van der Waals surface area contributed by atoms with Crippen LogP contribution in [-0.2, 0) is 17.8 Å². The molecule has 1 amide bonds. The van der Waals surface area contributed by atoms with Crippen LogP contribution in [-0.4, -0.2) is 19.0 Å². The summed E-state index contributed by atoms with van der Waals surface area (Å²) >= 11 is 5.86. The number of nitrogens with one attached hydrogen (secondary N) is 1. The summed E-state index contributed by atoms with van der Waals surface area (Å²) in [6.07, 6.45) is 1.21. The standard InChI is InChI=1S/C20H25ClN2O/c1-3-23(4-2)19-12-7-17(8-13-19)15-22-20(24)14-9-16-5-10-18(21)11-6-16/h5-8,10-13H,3-4,9,14-15H2,1-2H3,(H,22,24). The van der Waals surface area contributed by atoms with E-state index < -0.39 is 0 Å². The van der Waals surface area contributed by atoms with E-state index in [-0.39, 0.29) is 5.91 Å². The highest BCUT2D eigenvalue weighted by atomic mass is 35.5. The van der Waals surface area contributed by atoms with Crippen molar-refractivity contribution in [2.24, 2.45) is 0 Å². The van der Waals surface area contributed by atoms with Crippen molar-refractivity contribution in [3.63, 3.8) is 0 Å². The van der Waals surface area contributed by atoms with Crippen LogP contribution in [0.2, 0.25) is 5.02 Å². The molecule has 128 valence electrons. The molecule has 2 aromatic rings. The summed E-state index contributed by atoms with van der Waals surface area (Å²) in [5.74, 6) is 0.0674. The van der Waals surface area contributed by atoms with E-state index in [1.807, 2.05) is 24.3 Å². The van der Waals surface area contributed by atoms with Gasteiger partial charge >= 0.3 is 0 Å². The van der Waals surface area contributed by atoms with Gasteiger partial charge < -0.3 is 10.2 Å². The lowest BCUT2D eigenvalue weighted by atomic mass is 10.1. The molecule has 0 saturated heterocycles. The Morgan fingerprint density at radius 2 is 1.54 bits per heavy atom. The summed E-state index contributed by atoms with van der Waals surface area (Å²) in [7, 11) is 0. The zero-order chi connectivity index (χ0) is 17.4. The van der Waals surface area contributed by atoms with Crippen molar-refractivity contribution in [2.45, 2.75) is 33.2 Å². The van der Waals surface area contributed by atoms with Gasteiger partial charge in [-0.3, -0.25) is 4.79 Å². The molecule has 0 aliphatic rings. The fraction of sp³-hybridized carbons (Fsp3) is 0.350. The van der Waals surface area contributed by atoms with Crippen LogP contribution in [0.25, 0.3) is 0 Å². The second kappa shape index (κ2) is 9.33. The summed E-state index contributed by atoms with van der Waals surface area (Å²) < 4.78 is 0. The Bertz CT molecular complexity index is 634. The van der Waals surface area contributed by atoms with Crippen molar-refractivity contribution in [1.29, 1.82) is 0 Å².